The first-order valence-electron chi connectivity index (χ1n) is 12.1. The van der Waals surface area contributed by atoms with Crippen molar-refractivity contribution in [3.8, 4) is 11.5 Å². The number of esters is 1. The van der Waals surface area contributed by atoms with Crippen LogP contribution >= 0.6 is 0 Å². The number of benzene rings is 3. The Morgan fingerprint density at radius 1 is 0.895 bits per heavy atom. The lowest BCUT2D eigenvalue weighted by Crippen LogP contribution is -2.45. The molecule has 38 heavy (non-hydrogen) atoms. The highest BCUT2D eigenvalue weighted by atomic mass is 32.2. The number of sulfonamides is 1. The van der Waals surface area contributed by atoms with Gasteiger partial charge in [-0.05, 0) is 54.8 Å². The molecule has 0 aliphatic carbocycles. The minimum absolute atomic E-state index is 0.0769. The van der Waals surface area contributed by atoms with Crippen molar-refractivity contribution in [1.29, 1.82) is 0 Å². The molecule has 10 heteroatoms. The molecule has 2 N–H and O–H groups in total. The molecule has 0 fully saturated rings. The van der Waals surface area contributed by atoms with Crippen molar-refractivity contribution in [1.82, 2.24) is 4.72 Å². The zero-order valence-electron chi connectivity index (χ0n) is 21.6. The third-order valence-corrected chi connectivity index (χ3v) is 7.15. The fourth-order valence-electron chi connectivity index (χ4n) is 3.59. The second-order valence-corrected chi connectivity index (χ2v) is 10.2. The van der Waals surface area contributed by atoms with Gasteiger partial charge >= 0.3 is 5.97 Å². The van der Waals surface area contributed by atoms with E-state index in [-0.39, 0.29) is 17.1 Å². The van der Waals surface area contributed by atoms with E-state index in [9.17, 15) is 18.0 Å². The predicted octanol–water partition coefficient (Wildman–Crippen LogP) is 4.19. The number of unbranched alkanes of at least 4 members (excludes halogenated alkanes) is 1. The van der Waals surface area contributed by atoms with E-state index in [0.29, 0.717) is 23.6 Å². The van der Waals surface area contributed by atoms with Crippen molar-refractivity contribution in [3.05, 3.63) is 83.9 Å². The Morgan fingerprint density at radius 2 is 1.58 bits per heavy atom. The van der Waals surface area contributed by atoms with E-state index in [1.165, 1.54) is 32.4 Å². The SMILES string of the molecule is CCCCOC(=O)c1ccc(NC(=O)[C@H](Cc2ccccc2)NS(=O)(=O)c2ccc(OC)c(OC)c2)cc1. The van der Waals surface area contributed by atoms with Crippen molar-refractivity contribution >= 4 is 27.6 Å². The maximum absolute atomic E-state index is 13.3. The van der Waals surface area contributed by atoms with Gasteiger partial charge in [-0.3, -0.25) is 4.79 Å². The summed E-state index contributed by atoms with van der Waals surface area (Å²) in [6.45, 7) is 2.35. The number of hydrogen-bond acceptors (Lipinski definition) is 7. The number of ether oxygens (including phenoxy) is 3. The number of anilines is 1. The van der Waals surface area contributed by atoms with Gasteiger partial charge in [0, 0.05) is 11.8 Å². The van der Waals surface area contributed by atoms with E-state index >= 15 is 0 Å². The fourth-order valence-corrected chi connectivity index (χ4v) is 4.80. The summed E-state index contributed by atoms with van der Waals surface area (Å²) < 4.78 is 44.6. The first kappa shape index (κ1) is 28.7. The van der Waals surface area contributed by atoms with Crippen LogP contribution in [0.3, 0.4) is 0 Å². The Bertz CT molecular complexity index is 1330. The summed E-state index contributed by atoms with van der Waals surface area (Å²) in [5.74, 6) is -0.382. The average molecular weight is 541 g/mol. The number of hydrogen-bond donors (Lipinski definition) is 2. The first-order valence-corrected chi connectivity index (χ1v) is 13.6. The quantitative estimate of drug-likeness (QED) is 0.246. The molecule has 0 aromatic heterocycles. The maximum atomic E-state index is 13.3. The first-order chi connectivity index (χ1) is 18.3. The molecule has 0 bridgehead atoms. The summed E-state index contributed by atoms with van der Waals surface area (Å²) >= 11 is 0. The number of nitrogens with one attached hydrogen (secondary N) is 2. The monoisotopic (exact) mass is 540 g/mol. The van der Waals surface area contributed by atoms with Gasteiger partial charge < -0.3 is 19.5 Å². The van der Waals surface area contributed by atoms with Gasteiger partial charge in [-0.15, -0.1) is 0 Å². The summed E-state index contributed by atoms with van der Waals surface area (Å²) in [5, 5.41) is 2.73. The van der Waals surface area contributed by atoms with E-state index in [4.69, 9.17) is 14.2 Å². The zero-order valence-corrected chi connectivity index (χ0v) is 22.4. The predicted molar refractivity (Wildman–Crippen MR) is 144 cm³/mol. The lowest BCUT2D eigenvalue weighted by atomic mass is 10.1. The molecule has 1 atom stereocenters. The van der Waals surface area contributed by atoms with Crippen molar-refractivity contribution in [2.24, 2.45) is 0 Å². The molecule has 3 aromatic rings. The standard InChI is InChI=1S/C28H32N2O7S/c1-4-5-17-37-28(32)21-11-13-22(14-12-21)29-27(31)24(18-20-9-7-6-8-10-20)30-38(33,34)23-15-16-25(35-2)26(19-23)36-3/h6-16,19,24,30H,4-5,17-18H2,1-3H3,(H,29,31)/t24-/m0/s1. The van der Waals surface area contributed by atoms with Crippen molar-refractivity contribution in [3.63, 3.8) is 0 Å². The highest BCUT2D eigenvalue weighted by Crippen LogP contribution is 2.29. The fraction of sp³-hybridized carbons (Fsp3) is 0.286. The Hall–Kier alpha value is -3.89. The van der Waals surface area contributed by atoms with Gasteiger partial charge in [-0.25, -0.2) is 13.2 Å². The van der Waals surface area contributed by atoms with E-state index in [1.54, 1.807) is 24.3 Å². The van der Waals surface area contributed by atoms with Crippen LogP contribution in [0.5, 0.6) is 11.5 Å². The third kappa shape index (κ3) is 7.80. The molecule has 9 nitrogen and oxygen atoms in total. The van der Waals surface area contributed by atoms with Crippen LogP contribution in [0.1, 0.15) is 35.7 Å². The molecule has 0 radical (unpaired) electrons. The second kappa shape index (κ2) is 13.6. The lowest BCUT2D eigenvalue weighted by Gasteiger charge is -2.19. The summed E-state index contributed by atoms with van der Waals surface area (Å²) in [7, 11) is -1.25. The van der Waals surface area contributed by atoms with Crippen LogP contribution in [0.4, 0.5) is 5.69 Å². The molecule has 0 saturated carbocycles. The van der Waals surface area contributed by atoms with Gasteiger partial charge in [-0.2, -0.15) is 4.72 Å². The molecule has 0 unspecified atom stereocenters. The van der Waals surface area contributed by atoms with Crippen molar-refractivity contribution in [2.75, 3.05) is 26.1 Å². The van der Waals surface area contributed by atoms with Crippen LogP contribution in [-0.4, -0.2) is 47.2 Å². The zero-order chi connectivity index (χ0) is 27.5. The largest absolute Gasteiger partial charge is 0.493 e. The number of amides is 1. The molecule has 0 aliphatic heterocycles. The molecule has 0 heterocycles. The van der Waals surface area contributed by atoms with E-state index < -0.39 is 27.9 Å². The van der Waals surface area contributed by atoms with E-state index in [0.717, 1.165) is 18.4 Å². The highest BCUT2D eigenvalue weighted by molar-refractivity contribution is 7.89. The molecule has 202 valence electrons. The van der Waals surface area contributed by atoms with Crippen LogP contribution in [0.2, 0.25) is 0 Å². The molecule has 0 aliphatic rings. The Labute approximate surface area is 223 Å². The smallest absolute Gasteiger partial charge is 0.338 e. The van der Waals surface area contributed by atoms with Crippen molar-refractivity contribution in [2.45, 2.75) is 37.1 Å². The number of rotatable bonds is 13. The Morgan fingerprint density at radius 3 is 2.21 bits per heavy atom. The number of carbonyl (C=O) groups is 2. The summed E-state index contributed by atoms with van der Waals surface area (Å²) in [5.41, 5.74) is 1.53. The van der Waals surface area contributed by atoms with Gasteiger partial charge in [0.15, 0.2) is 11.5 Å². The lowest BCUT2D eigenvalue weighted by molar-refractivity contribution is -0.117. The van der Waals surface area contributed by atoms with Crippen LogP contribution in [0.15, 0.2) is 77.7 Å². The normalized spacial score (nSPS) is 11.9. The van der Waals surface area contributed by atoms with Crippen molar-refractivity contribution < 1.29 is 32.2 Å². The second-order valence-electron chi connectivity index (χ2n) is 8.44. The van der Waals surface area contributed by atoms with E-state index in [1.807, 2.05) is 37.3 Å². The van der Waals surface area contributed by atoms with Crippen LogP contribution in [-0.2, 0) is 26.0 Å². The molecule has 0 spiro atoms. The Balaban J connectivity index is 1.80. The van der Waals surface area contributed by atoms with Crippen LogP contribution in [0, 0.1) is 0 Å². The van der Waals surface area contributed by atoms with Gasteiger partial charge in [0.05, 0.1) is 31.3 Å². The van der Waals surface area contributed by atoms with Crippen LogP contribution < -0.4 is 19.5 Å². The summed E-state index contributed by atoms with van der Waals surface area (Å²) in [6, 6.07) is 18.4. The van der Waals surface area contributed by atoms with Crippen LogP contribution in [0.25, 0.3) is 0 Å². The molecule has 0 saturated heterocycles. The molecular formula is C28H32N2O7S. The summed E-state index contributed by atoms with van der Waals surface area (Å²) in [6.07, 6.45) is 1.81. The molecular weight excluding hydrogens is 508 g/mol. The minimum Gasteiger partial charge on any atom is -0.493 e. The van der Waals surface area contributed by atoms with Gasteiger partial charge in [0.2, 0.25) is 15.9 Å². The topological polar surface area (TPSA) is 120 Å². The Kier molecular flexibility index (Phi) is 10.3. The molecule has 3 aromatic carbocycles. The number of methoxy groups -OCH3 is 2. The highest BCUT2D eigenvalue weighted by Gasteiger charge is 2.27. The molecule has 1 amide bonds. The van der Waals surface area contributed by atoms with E-state index in [2.05, 4.69) is 10.0 Å². The molecule has 3 rings (SSSR count). The maximum Gasteiger partial charge on any atom is 0.338 e. The minimum atomic E-state index is -4.11. The average Bonchev–Trinajstić information content (AvgIpc) is 2.93. The number of carbonyl (C=O) groups excluding carboxylic acids is 2. The summed E-state index contributed by atoms with van der Waals surface area (Å²) in [4.78, 5) is 25.3. The van der Waals surface area contributed by atoms with Gasteiger partial charge in [0.1, 0.15) is 6.04 Å². The third-order valence-electron chi connectivity index (χ3n) is 5.68. The van der Waals surface area contributed by atoms with Gasteiger partial charge in [-0.1, -0.05) is 43.7 Å². The van der Waals surface area contributed by atoms with Gasteiger partial charge in [0.25, 0.3) is 0 Å².